The van der Waals surface area contributed by atoms with Gasteiger partial charge >= 0.3 is 0 Å². The molecule has 4 heteroatoms. The summed E-state index contributed by atoms with van der Waals surface area (Å²) in [6.07, 6.45) is 0. The van der Waals surface area contributed by atoms with Gasteiger partial charge in [0.1, 0.15) is 5.75 Å². The summed E-state index contributed by atoms with van der Waals surface area (Å²) in [6, 6.07) is 6.74. The molecule has 0 radical (unpaired) electrons. The number of quaternary nitrogens is 1. The zero-order chi connectivity index (χ0) is 8.97. The topological polar surface area (TPSA) is 46.0 Å². The van der Waals surface area contributed by atoms with Gasteiger partial charge in [-0.05, 0) is 12.1 Å². The molecular formula is C8H11NO3. The van der Waals surface area contributed by atoms with Gasteiger partial charge in [0.2, 0.25) is 0 Å². The van der Waals surface area contributed by atoms with E-state index in [0.717, 1.165) is 5.75 Å². The summed E-state index contributed by atoms with van der Waals surface area (Å²) in [5.74, 6) is 0.725. The summed E-state index contributed by atoms with van der Waals surface area (Å²) >= 11 is 0. The Bertz CT molecular complexity index is 235. The largest absolute Gasteiger partial charge is 0.595 e. The van der Waals surface area contributed by atoms with Crippen LogP contribution >= 0.6 is 0 Å². The average molecular weight is 169 g/mol. The molecule has 0 spiro atoms. The lowest BCUT2D eigenvalue weighted by molar-refractivity contribution is -0.992. The third-order valence-electron chi connectivity index (χ3n) is 1.51. The molecule has 1 unspecified atom stereocenters. The van der Waals surface area contributed by atoms with Crippen LogP contribution in [0.2, 0.25) is 0 Å². The van der Waals surface area contributed by atoms with Crippen LogP contribution in [0.1, 0.15) is 0 Å². The highest BCUT2D eigenvalue weighted by atomic mass is 16.9. The number of rotatable bonds is 3. The van der Waals surface area contributed by atoms with E-state index in [-0.39, 0.29) is 5.23 Å². The van der Waals surface area contributed by atoms with E-state index in [1.165, 1.54) is 7.11 Å². The molecule has 0 heterocycles. The van der Waals surface area contributed by atoms with Crippen molar-refractivity contribution in [3.63, 3.8) is 0 Å². The van der Waals surface area contributed by atoms with Crippen molar-refractivity contribution in [3.8, 4) is 5.75 Å². The molecule has 1 rings (SSSR count). The molecule has 1 N–H and O–H groups in total. The standard InChI is InChI=1S/C8H11NO3/c1-11-8-5-3-7(4-6-8)9(10)12-2/h3-6,9H,1-2H3. The second-order valence-corrected chi connectivity index (χ2v) is 2.22. The lowest BCUT2D eigenvalue weighted by atomic mass is 10.3. The maximum Gasteiger partial charge on any atom is 0.164 e. The Morgan fingerprint density at radius 3 is 2.17 bits per heavy atom. The lowest BCUT2D eigenvalue weighted by Crippen LogP contribution is -3.00. The molecule has 1 aromatic rings. The first kappa shape index (κ1) is 8.99. The minimum absolute atomic E-state index is 0.336. The van der Waals surface area contributed by atoms with Gasteiger partial charge in [0, 0.05) is 12.1 Å². The molecule has 66 valence electrons. The first-order chi connectivity index (χ1) is 5.77. The fourth-order valence-corrected chi connectivity index (χ4v) is 0.845. The van der Waals surface area contributed by atoms with Crippen molar-refractivity contribution < 1.29 is 14.8 Å². The number of hydrogen-bond donors (Lipinski definition) is 1. The molecule has 0 aliphatic heterocycles. The van der Waals surface area contributed by atoms with Gasteiger partial charge in [-0.15, -0.1) is 0 Å². The van der Waals surface area contributed by atoms with Crippen molar-refractivity contribution in [1.29, 1.82) is 0 Å². The molecule has 0 aromatic heterocycles. The van der Waals surface area contributed by atoms with E-state index >= 15 is 0 Å². The Morgan fingerprint density at radius 2 is 1.75 bits per heavy atom. The highest BCUT2D eigenvalue weighted by Crippen LogP contribution is 2.11. The normalized spacial score (nSPS) is 12.6. The Balaban J connectivity index is 2.77. The van der Waals surface area contributed by atoms with Gasteiger partial charge in [0.25, 0.3) is 0 Å². The van der Waals surface area contributed by atoms with Crippen LogP contribution < -0.4 is 9.96 Å². The fraction of sp³-hybridized carbons (Fsp3) is 0.250. The molecule has 0 saturated carbocycles. The van der Waals surface area contributed by atoms with Gasteiger partial charge in [-0.25, -0.2) is 4.84 Å². The van der Waals surface area contributed by atoms with E-state index in [2.05, 4.69) is 4.84 Å². The minimum atomic E-state index is -0.336. The molecule has 1 aromatic carbocycles. The second kappa shape index (κ2) is 4.06. The summed E-state index contributed by atoms with van der Waals surface area (Å²) in [5, 5.41) is 10.6. The molecule has 0 saturated heterocycles. The maximum atomic E-state index is 11.0. The average Bonchev–Trinajstić information content (AvgIpc) is 2.17. The zero-order valence-electron chi connectivity index (χ0n) is 7.03. The third kappa shape index (κ3) is 1.94. The Kier molecular flexibility index (Phi) is 3.04. The molecule has 1 atom stereocenters. The summed E-state index contributed by atoms with van der Waals surface area (Å²) in [5.41, 5.74) is 0.526. The van der Waals surface area contributed by atoms with Crippen LogP contribution in [0.15, 0.2) is 24.3 Å². The van der Waals surface area contributed by atoms with Crippen molar-refractivity contribution in [2.75, 3.05) is 14.2 Å². The number of methoxy groups -OCH3 is 1. The predicted molar refractivity (Wildman–Crippen MR) is 44.0 cm³/mol. The van der Waals surface area contributed by atoms with Gasteiger partial charge in [-0.2, -0.15) is 5.23 Å². The van der Waals surface area contributed by atoms with E-state index < -0.39 is 0 Å². The summed E-state index contributed by atoms with van der Waals surface area (Å²) in [7, 11) is 2.93. The molecule has 0 fully saturated rings. The first-order valence-electron chi connectivity index (χ1n) is 3.50. The summed E-state index contributed by atoms with van der Waals surface area (Å²) in [4.78, 5) is 4.53. The van der Waals surface area contributed by atoms with E-state index in [9.17, 15) is 5.21 Å². The van der Waals surface area contributed by atoms with Crippen LogP contribution in [0.5, 0.6) is 5.75 Å². The van der Waals surface area contributed by atoms with Gasteiger partial charge in [-0.1, -0.05) is 0 Å². The van der Waals surface area contributed by atoms with E-state index in [1.54, 1.807) is 31.4 Å². The minimum Gasteiger partial charge on any atom is -0.595 e. The van der Waals surface area contributed by atoms with Crippen LogP contribution in [0.4, 0.5) is 5.69 Å². The quantitative estimate of drug-likeness (QED) is 0.661. The van der Waals surface area contributed by atoms with E-state index in [4.69, 9.17) is 4.74 Å². The predicted octanol–water partition coefficient (Wildman–Crippen LogP) is 0.271. The van der Waals surface area contributed by atoms with Crippen LogP contribution in [0, 0.1) is 5.21 Å². The molecule has 0 bridgehead atoms. The van der Waals surface area contributed by atoms with Crippen LogP contribution in [-0.4, -0.2) is 14.2 Å². The monoisotopic (exact) mass is 169 g/mol. The van der Waals surface area contributed by atoms with Crippen LogP contribution in [0.25, 0.3) is 0 Å². The van der Waals surface area contributed by atoms with Crippen molar-refractivity contribution in [2.24, 2.45) is 0 Å². The maximum absolute atomic E-state index is 11.0. The molecule has 4 nitrogen and oxygen atoms in total. The van der Waals surface area contributed by atoms with Crippen LogP contribution in [0.3, 0.4) is 0 Å². The molecule has 0 aliphatic carbocycles. The van der Waals surface area contributed by atoms with Crippen molar-refractivity contribution in [1.82, 2.24) is 0 Å². The van der Waals surface area contributed by atoms with E-state index in [0.29, 0.717) is 5.69 Å². The Morgan fingerprint density at radius 1 is 1.17 bits per heavy atom. The fourth-order valence-electron chi connectivity index (χ4n) is 0.845. The Hall–Kier alpha value is -1.10. The van der Waals surface area contributed by atoms with Gasteiger partial charge in [0.15, 0.2) is 5.69 Å². The second-order valence-electron chi connectivity index (χ2n) is 2.22. The van der Waals surface area contributed by atoms with Crippen LogP contribution in [-0.2, 0) is 4.84 Å². The van der Waals surface area contributed by atoms with Gasteiger partial charge in [0.05, 0.1) is 14.2 Å². The summed E-state index contributed by atoms with van der Waals surface area (Å²) in [6.45, 7) is 0. The van der Waals surface area contributed by atoms with Gasteiger partial charge in [-0.3, -0.25) is 0 Å². The smallest absolute Gasteiger partial charge is 0.164 e. The van der Waals surface area contributed by atoms with Crippen molar-refractivity contribution in [3.05, 3.63) is 29.5 Å². The van der Waals surface area contributed by atoms with Gasteiger partial charge < -0.3 is 9.94 Å². The highest BCUT2D eigenvalue weighted by Gasteiger charge is 2.00. The third-order valence-corrected chi connectivity index (χ3v) is 1.51. The van der Waals surface area contributed by atoms with Crippen molar-refractivity contribution in [2.45, 2.75) is 0 Å². The SMILES string of the molecule is COc1ccc([NH+]([O-])OC)cc1. The van der Waals surface area contributed by atoms with E-state index in [1.807, 2.05) is 0 Å². The highest BCUT2D eigenvalue weighted by molar-refractivity contribution is 5.35. The molecule has 0 aliphatic rings. The lowest BCUT2D eigenvalue weighted by Gasteiger charge is -2.16. The summed E-state index contributed by atoms with van der Waals surface area (Å²) < 4.78 is 4.93. The number of ether oxygens (including phenoxy) is 1. The number of nitrogens with one attached hydrogen (secondary N) is 1. The zero-order valence-corrected chi connectivity index (χ0v) is 7.03. The first-order valence-corrected chi connectivity index (χ1v) is 3.50. The number of benzene rings is 1. The molecule has 12 heavy (non-hydrogen) atoms. The Labute approximate surface area is 70.9 Å². The van der Waals surface area contributed by atoms with Crippen molar-refractivity contribution >= 4 is 5.69 Å². The number of hydrogen-bond acceptors (Lipinski definition) is 3. The molecular weight excluding hydrogens is 158 g/mol. The molecule has 0 amide bonds.